The van der Waals surface area contributed by atoms with Gasteiger partial charge in [0.25, 0.3) is 0 Å². The van der Waals surface area contributed by atoms with Crippen molar-refractivity contribution >= 4 is 29.2 Å². The van der Waals surface area contributed by atoms with Gasteiger partial charge in [-0.25, -0.2) is 9.59 Å². The molecule has 154 valence electrons. The number of carbonyl (C=O) groups excluding carboxylic acids is 3. The van der Waals surface area contributed by atoms with Gasteiger partial charge < -0.3 is 14.8 Å². The first-order valence-electron chi connectivity index (χ1n) is 10.0. The van der Waals surface area contributed by atoms with Crippen LogP contribution in [0.5, 0.6) is 0 Å². The van der Waals surface area contributed by atoms with Crippen LogP contribution in [0.15, 0.2) is 0 Å². The Labute approximate surface area is 170 Å². The summed E-state index contributed by atoms with van der Waals surface area (Å²) in [6.07, 6.45) is 4.09. The number of ether oxygens (including phenoxy) is 2. The highest BCUT2D eigenvalue weighted by Gasteiger charge is 2.35. The van der Waals surface area contributed by atoms with Gasteiger partial charge in [0, 0.05) is 22.1 Å². The van der Waals surface area contributed by atoms with Crippen molar-refractivity contribution in [1.82, 2.24) is 5.32 Å². The minimum Gasteiger partial charge on any atom is -0.462 e. The van der Waals surface area contributed by atoms with Crippen molar-refractivity contribution in [2.45, 2.75) is 77.9 Å². The number of hydrogen-bond donors (Lipinski definition) is 1. The molecule has 0 bridgehead atoms. The van der Waals surface area contributed by atoms with E-state index >= 15 is 0 Å². The van der Waals surface area contributed by atoms with E-state index < -0.39 is 11.7 Å². The highest BCUT2D eigenvalue weighted by atomic mass is 32.1. The van der Waals surface area contributed by atoms with Gasteiger partial charge in [0.05, 0.1) is 18.2 Å². The monoisotopic (exact) mass is 407 g/mol. The number of fused-ring (bicyclic) bond motifs is 1. The van der Waals surface area contributed by atoms with Crippen molar-refractivity contribution in [3.05, 3.63) is 20.9 Å². The fraction of sp³-hybridized carbons (Fsp3) is 0.667. The predicted molar refractivity (Wildman–Crippen MR) is 107 cm³/mol. The van der Waals surface area contributed by atoms with Gasteiger partial charge in [-0.15, -0.1) is 11.3 Å². The summed E-state index contributed by atoms with van der Waals surface area (Å²) in [4.78, 5) is 39.0. The lowest BCUT2D eigenvalue weighted by atomic mass is 9.91. The highest BCUT2D eigenvalue weighted by molar-refractivity contribution is 7.12. The average molecular weight is 408 g/mol. The van der Waals surface area contributed by atoms with Crippen LogP contribution in [0, 0.1) is 5.92 Å². The van der Waals surface area contributed by atoms with Gasteiger partial charge in [-0.2, -0.15) is 0 Å². The largest absolute Gasteiger partial charge is 0.462 e. The molecule has 1 aromatic rings. The molecule has 28 heavy (non-hydrogen) atoms. The van der Waals surface area contributed by atoms with E-state index in [1.165, 1.54) is 11.3 Å². The van der Waals surface area contributed by atoms with Gasteiger partial charge in [0.2, 0.25) is 0 Å². The zero-order valence-electron chi connectivity index (χ0n) is 17.1. The summed E-state index contributed by atoms with van der Waals surface area (Å²) in [5, 5.41) is 2.94. The minimum absolute atomic E-state index is 0.143. The number of rotatable bonds is 6. The molecule has 1 N–H and O–H groups in total. The van der Waals surface area contributed by atoms with E-state index in [4.69, 9.17) is 9.47 Å². The molecule has 0 aliphatic heterocycles. The fourth-order valence-electron chi connectivity index (χ4n) is 3.54. The molecular formula is C21H29NO5S. The first kappa shape index (κ1) is 20.8. The maximum Gasteiger partial charge on any atom is 0.408 e. The van der Waals surface area contributed by atoms with E-state index in [1.54, 1.807) is 6.92 Å². The summed E-state index contributed by atoms with van der Waals surface area (Å²) in [6.45, 7) is 7.54. The molecule has 0 saturated heterocycles. The molecule has 6 nitrogen and oxygen atoms in total. The third kappa shape index (κ3) is 4.93. The number of thiophene rings is 1. The van der Waals surface area contributed by atoms with Crippen molar-refractivity contribution < 1.29 is 23.9 Å². The van der Waals surface area contributed by atoms with Gasteiger partial charge in [0.15, 0.2) is 0 Å². The topological polar surface area (TPSA) is 81.7 Å². The van der Waals surface area contributed by atoms with Crippen LogP contribution in [0.4, 0.5) is 4.79 Å². The molecule has 1 unspecified atom stereocenters. The van der Waals surface area contributed by atoms with E-state index in [9.17, 15) is 14.4 Å². The Hall–Kier alpha value is -1.89. The van der Waals surface area contributed by atoms with E-state index in [0.29, 0.717) is 12.2 Å². The number of ketones is 1. The molecule has 3 rings (SSSR count). The van der Waals surface area contributed by atoms with Crippen molar-refractivity contribution in [2.75, 3.05) is 6.61 Å². The summed E-state index contributed by atoms with van der Waals surface area (Å²) in [5.41, 5.74) is 0.899. The zero-order chi connectivity index (χ0) is 20.5. The lowest BCUT2D eigenvalue weighted by molar-refractivity contribution is -0.119. The lowest BCUT2D eigenvalue weighted by Gasteiger charge is -2.26. The van der Waals surface area contributed by atoms with Crippen LogP contribution < -0.4 is 5.32 Å². The SMILES string of the molecule is CCOC(=O)c1c(CC(=O)C2CC2)sc2c1CCCC2NC(=O)OC(C)(C)C. The first-order chi connectivity index (χ1) is 13.2. The van der Waals surface area contributed by atoms with Crippen LogP contribution in [0.3, 0.4) is 0 Å². The molecule has 0 spiro atoms. The molecule has 1 fully saturated rings. The van der Waals surface area contributed by atoms with Gasteiger partial charge in [-0.1, -0.05) is 0 Å². The summed E-state index contributed by atoms with van der Waals surface area (Å²) in [5.74, 6) is -0.0258. The van der Waals surface area contributed by atoms with Gasteiger partial charge in [-0.3, -0.25) is 4.79 Å². The smallest absolute Gasteiger partial charge is 0.408 e. The van der Waals surface area contributed by atoms with Crippen LogP contribution in [0.2, 0.25) is 0 Å². The maximum atomic E-state index is 12.6. The van der Waals surface area contributed by atoms with Crippen molar-refractivity contribution in [3.63, 3.8) is 0 Å². The van der Waals surface area contributed by atoms with Crippen LogP contribution in [0.1, 0.15) is 85.1 Å². The van der Waals surface area contributed by atoms with Crippen LogP contribution in [-0.2, 0) is 27.1 Å². The number of nitrogens with one attached hydrogen (secondary N) is 1. The molecule has 1 heterocycles. The summed E-state index contributed by atoms with van der Waals surface area (Å²) >= 11 is 1.47. The van der Waals surface area contributed by atoms with Crippen molar-refractivity contribution in [2.24, 2.45) is 5.92 Å². The Morgan fingerprint density at radius 3 is 2.50 bits per heavy atom. The Morgan fingerprint density at radius 2 is 1.89 bits per heavy atom. The van der Waals surface area contributed by atoms with Gasteiger partial charge in [0.1, 0.15) is 11.4 Å². The number of hydrogen-bond acceptors (Lipinski definition) is 6. The first-order valence-corrected chi connectivity index (χ1v) is 10.8. The standard InChI is InChI=1S/C21H29NO5S/c1-5-26-19(24)17-13-7-6-8-14(22-20(25)27-21(2,3)4)18(13)28-16(17)11-15(23)12-9-10-12/h12,14H,5-11H2,1-4H3,(H,22,25). The molecule has 1 atom stereocenters. The number of alkyl carbamates (subject to hydrolysis) is 1. The van der Waals surface area contributed by atoms with Crippen LogP contribution >= 0.6 is 11.3 Å². The normalized spacial score (nSPS) is 18.9. The molecule has 0 radical (unpaired) electrons. The van der Waals surface area contributed by atoms with Crippen LogP contribution in [-0.4, -0.2) is 30.1 Å². The number of carbonyl (C=O) groups is 3. The Bertz CT molecular complexity index is 772. The molecule has 2 aliphatic carbocycles. The molecule has 0 aromatic carbocycles. The zero-order valence-corrected chi connectivity index (χ0v) is 17.9. The second-order valence-corrected chi connectivity index (χ2v) is 9.61. The number of amides is 1. The van der Waals surface area contributed by atoms with E-state index in [0.717, 1.165) is 47.4 Å². The molecule has 2 aliphatic rings. The molecule has 1 amide bonds. The highest BCUT2D eigenvalue weighted by Crippen LogP contribution is 2.41. The average Bonchev–Trinajstić information content (AvgIpc) is 3.35. The summed E-state index contributed by atoms with van der Waals surface area (Å²) in [7, 11) is 0. The Balaban J connectivity index is 1.88. The third-order valence-electron chi connectivity index (χ3n) is 4.89. The van der Waals surface area contributed by atoms with E-state index in [-0.39, 0.29) is 30.1 Å². The lowest BCUT2D eigenvalue weighted by Crippen LogP contribution is -2.35. The number of Topliss-reactive ketones (excluding diaryl/α,β-unsaturated/α-hetero) is 1. The predicted octanol–water partition coefficient (Wildman–Crippen LogP) is 4.35. The molecular weight excluding hydrogens is 378 g/mol. The van der Waals surface area contributed by atoms with E-state index in [2.05, 4.69) is 5.32 Å². The summed E-state index contributed by atoms with van der Waals surface area (Å²) < 4.78 is 10.7. The van der Waals surface area contributed by atoms with Crippen LogP contribution in [0.25, 0.3) is 0 Å². The van der Waals surface area contributed by atoms with Gasteiger partial charge >= 0.3 is 12.1 Å². The fourth-order valence-corrected chi connectivity index (χ4v) is 4.98. The van der Waals surface area contributed by atoms with E-state index in [1.807, 2.05) is 20.8 Å². The second kappa shape index (κ2) is 8.23. The molecule has 1 saturated carbocycles. The summed E-state index contributed by atoms with van der Waals surface area (Å²) in [6, 6.07) is -0.207. The molecule has 7 heteroatoms. The molecule has 1 aromatic heterocycles. The van der Waals surface area contributed by atoms with Gasteiger partial charge in [-0.05, 0) is 65.4 Å². The van der Waals surface area contributed by atoms with Crippen molar-refractivity contribution in [1.29, 1.82) is 0 Å². The van der Waals surface area contributed by atoms with Crippen molar-refractivity contribution in [3.8, 4) is 0 Å². The quantitative estimate of drug-likeness (QED) is 0.709. The minimum atomic E-state index is -0.574. The second-order valence-electron chi connectivity index (χ2n) is 8.47. The maximum absolute atomic E-state index is 12.6. The number of esters is 1. The third-order valence-corrected chi connectivity index (χ3v) is 6.23. The Morgan fingerprint density at radius 1 is 1.18 bits per heavy atom. The Kier molecular flexibility index (Phi) is 6.12.